The number of carbonyl (C=O) groups excluding carboxylic acids is 2. The fraction of sp³-hybridized carbons (Fsp3) is 0.225. The van der Waals surface area contributed by atoms with Gasteiger partial charge in [0.15, 0.2) is 0 Å². The molecule has 258 valence electrons. The van der Waals surface area contributed by atoms with E-state index in [0.717, 1.165) is 77.1 Å². The Morgan fingerprint density at radius 2 is 1.63 bits per heavy atom. The van der Waals surface area contributed by atoms with Gasteiger partial charge in [-0.1, -0.05) is 83.9 Å². The van der Waals surface area contributed by atoms with Gasteiger partial charge in [0, 0.05) is 64.3 Å². The molecule has 0 aliphatic carbocycles. The molecule has 51 heavy (non-hydrogen) atoms. The summed E-state index contributed by atoms with van der Waals surface area (Å²) in [7, 11) is 0. The predicted molar refractivity (Wildman–Crippen MR) is 205 cm³/mol. The molecule has 0 spiro atoms. The van der Waals surface area contributed by atoms with Gasteiger partial charge in [0.05, 0.1) is 35.1 Å². The maximum absolute atomic E-state index is 14.6. The largest absolute Gasteiger partial charge is 0.370 e. The quantitative estimate of drug-likeness (QED) is 0.147. The van der Waals surface area contributed by atoms with Crippen LogP contribution in [-0.2, 0) is 0 Å². The van der Waals surface area contributed by atoms with Crippen LogP contribution in [0, 0.1) is 0 Å². The molecule has 2 saturated heterocycles. The molecule has 11 heteroatoms. The van der Waals surface area contributed by atoms with Gasteiger partial charge in [-0.3, -0.25) is 4.79 Å². The summed E-state index contributed by atoms with van der Waals surface area (Å²) in [5, 5.41) is 8.26. The molecular weight excluding hydrogens is 681 g/mol. The molecule has 8 rings (SSSR count). The van der Waals surface area contributed by atoms with Crippen molar-refractivity contribution in [2.24, 2.45) is 0 Å². The van der Waals surface area contributed by atoms with E-state index in [1.165, 1.54) is 0 Å². The van der Waals surface area contributed by atoms with Crippen LogP contribution >= 0.6 is 23.2 Å². The number of hydrogen-bond donors (Lipinski definition) is 3. The highest BCUT2D eigenvalue weighted by Crippen LogP contribution is 2.42. The highest BCUT2D eigenvalue weighted by atomic mass is 35.5. The van der Waals surface area contributed by atoms with E-state index in [1.54, 1.807) is 0 Å². The monoisotopic (exact) mass is 717 g/mol. The highest BCUT2D eigenvalue weighted by molar-refractivity contribution is 6.31. The standard InChI is InChI=1S/C40H37Cl2N7O2/c1-25(26-11-13-28(41)14-12-26)49-24-44-36(27-7-3-2-4-8-27)38(49)35-31-16-15-29(42)23-33(31)45-37(35)39(50)46-32-9-5-6-10-34(32)47-20-17-30(18-21-47)48-22-19-43-40(48)51/h2-16,23-25,30,45H,17-22H2,1H3,(H,43,51)(H,46,50)/t25-/m0/s1. The Balaban J connectivity index is 1.19. The van der Waals surface area contributed by atoms with E-state index in [9.17, 15) is 9.59 Å². The first-order valence-corrected chi connectivity index (χ1v) is 18.0. The number of carbonyl (C=O) groups is 2. The zero-order valence-corrected chi connectivity index (χ0v) is 29.6. The molecule has 3 amide bonds. The molecular formula is C40H37Cl2N7O2. The van der Waals surface area contributed by atoms with Crippen molar-refractivity contribution in [3.05, 3.63) is 125 Å². The van der Waals surface area contributed by atoms with Gasteiger partial charge in [-0.15, -0.1) is 0 Å². The number of rotatable bonds is 8. The minimum Gasteiger partial charge on any atom is -0.370 e. The second-order valence-electron chi connectivity index (χ2n) is 13.1. The third kappa shape index (κ3) is 6.32. The maximum Gasteiger partial charge on any atom is 0.317 e. The second-order valence-corrected chi connectivity index (χ2v) is 14.0. The van der Waals surface area contributed by atoms with Crippen molar-refractivity contribution in [2.45, 2.75) is 31.8 Å². The Morgan fingerprint density at radius 3 is 2.37 bits per heavy atom. The lowest BCUT2D eigenvalue weighted by atomic mass is 9.99. The lowest BCUT2D eigenvalue weighted by Gasteiger charge is -2.38. The third-order valence-electron chi connectivity index (χ3n) is 10.1. The number of benzene rings is 4. The van der Waals surface area contributed by atoms with Gasteiger partial charge in [-0.25, -0.2) is 9.78 Å². The molecule has 2 aliphatic rings. The summed E-state index contributed by atoms with van der Waals surface area (Å²) in [4.78, 5) is 39.6. The van der Waals surface area contributed by atoms with E-state index in [2.05, 4.69) is 32.0 Å². The molecule has 2 aliphatic heterocycles. The first kappa shape index (κ1) is 32.9. The number of amides is 3. The number of aromatic amines is 1. The number of imidazole rings is 1. The molecule has 0 radical (unpaired) electrons. The summed E-state index contributed by atoms with van der Waals surface area (Å²) in [6.45, 7) is 5.12. The Hall–Kier alpha value is -5.25. The number of H-pyrrole nitrogens is 1. The Bertz CT molecular complexity index is 2220. The summed E-state index contributed by atoms with van der Waals surface area (Å²) in [6.07, 6.45) is 3.57. The van der Waals surface area contributed by atoms with Crippen LogP contribution in [0.1, 0.15) is 41.9 Å². The number of aromatic nitrogens is 3. The van der Waals surface area contributed by atoms with Gasteiger partial charge in [0.1, 0.15) is 5.69 Å². The van der Waals surface area contributed by atoms with E-state index in [-0.39, 0.29) is 24.0 Å². The number of nitrogens with one attached hydrogen (secondary N) is 3. The lowest BCUT2D eigenvalue weighted by Crippen LogP contribution is -2.46. The van der Waals surface area contributed by atoms with Gasteiger partial charge >= 0.3 is 6.03 Å². The van der Waals surface area contributed by atoms with Crippen LogP contribution in [0.5, 0.6) is 0 Å². The van der Waals surface area contributed by atoms with Crippen molar-refractivity contribution in [1.82, 2.24) is 24.8 Å². The maximum atomic E-state index is 14.6. The molecule has 0 unspecified atom stereocenters. The van der Waals surface area contributed by atoms with Crippen LogP contribution in [0.3, 0.4) is 0 Å². The predicted octanol–water partition coefficient (Wildman–Crippen LogP) is 8.86. The summed E-state index contributed by atoms with van der Waals surface area (Å²) < 4.78 is 2.12. The van der Waals surface area contributed by atoms with Crippen LogP contribution in [0.25, 0.3) is 33.4 Å². The number of urea groups is 1. The minimum atomic E-state index is -0.278. The van der Waals surface area contributed by atoms with E-state index >= 15 is 0 Å². The van der Waals surface area contributed by atoms with Gasteiger partial charge in [0.25, 0.3) is 5.91 Å². The van der Waals surface area contributed by atoms with Crippen LogP contribution in [0.15, 0.2) is 103 Å². The van der Waals surface area contributed by atoms with Crippen molar-refractivity contribution in [3.63, 3.8) is 0 Å². The average molecular weight is 719 g/mol. The number of halogens is 2. The van der Waals surface area contributed by atoms with Gasteiger partial charge in [-0.05, 0) is 61.7 Å². The fourth-order valence-corrected chi connectivity index (χ4v) is 7.79. The Labute approximate surface area is 306 Å². The molecule has 3 N–H and O–H groups in total. The molecule has 4 aromatic carbocycles. The first-order chi connectivity index (χ1) is 24.9. The highest BCUT2D eigenvalue weighted by Gasteiger charge is 2.32. The smallest absolute Gasteiger partial charge is 0.317 e. The Kier molecular flexibility index (Phi) is 8.92. The molecule has 0 bridgehead atoms. The van der Waals surface area contributed by atoms with Crippen molar-refractivity contribution in [2.75, 3.05) is 36.4 Å². The van der Waals surface area contributed by atoms with E-state index in [0.29, 0.717) is 28.0 Å². The zero-order valence-electron chi connectivity index (χ0n) is 28.1. The molecule has 0 saturated carbocycles. The van der Waals surface area contributed by atoms with Crippen molar-refractivity contribution < 1.29 is 9.59 Å². The van der Waals surface area contributed by atoms with Crippen molar-refractivity contribution >= 4 is 57.4 Å². The zero-order chi connectivity index (χ0) is 35.1. The van der Waals surface area contributed by atoms with Crippen LogP contribution in [0.2, 0.25) is 10.0 Å². The summed E-state index contributed by atoms with van der Waals surface area (Å²) in [5.41, 5.74) is 7.10. The summed E-state index contributed by atoms with van der Waals surface area (Å²) >= 11 is 12.8. The molecule has 1 atom stereocenters. The number of para-hydroxylation sites is 2. The molecule has 2 aromatic heterocycles. The van der Waals surface area contributed by atoms with Gasteiger partial charge in [-0.2, -0.15) is 0 Å². The minimum absolute atomic E-state index is 0.0239. The van der Waals surface area contributed by atoms with Crippen LogP contribution < -0.4 is 15.5 Å². The van der Waals surface area contributed by atoms with E-state index in [4.69, 9.17) is 28.2 Å². The molecule has 2 fully saturated rings. The number of anilines is 2. The average Bonchev–Trinajstić information content (AvgIpc) is 3.89. The van der Waals surface area contributed by atoms with Crippen LogP contribution in [-0.4, -0.2) is 63.6 Å². The molecule has 4 heterocycles. The van der Waals surface area contributed by atoms with Crippen molar-refractivity contribution in [3.8, 4) is 22.5 Å². The van der Waals surface area contributed by atoms with Gasteiger partial charge < -0.3 is 30.0 Å². The van der Waals surface area contributed by atoms with E-state index in [1.807, 2.05) is 108 Å². The second kappa shape index (κ2) is 13.8. The number of nitrogens with zero attached hydrogens (tertiary/aromatic N) is 4. The normalized spacial score (nSPS) is 15.7. The molecule has 6 aromatic rings. The topological polar surface area (TPSA) is 98.3 Å². The first-order valence-electron chi connectivity index (χ1n) is 17.2. The van der Waals surface area contributed by atoms with Crippen LogP contribution in [0.4, 0.5) is 16.2 Å². The third-order valence-corrected chi connectivity index (χ3v) is 10.6. The fourth-order valence-electron chi connectivity index (χ4n) is 7.49. The lowest BCUT2D eigenvalue weighted by molar-refractivity contribution is 0.102. The van der Waals surface area contributed by atoms with Crippen molar-refractivity contribution in [1.29, 1.82) is 0 Å². The summed E-state index contributed by atoms with van der Waals surface area (Å²) in [5.74, 6) is -0.278. The number of hydrogen-bond acceptors (Lipinski definition) is 4. The van der Waals surface area contributed by atoms with Gasteiger partial charge in [0.2, 0.25) is 0 Å². The summed E-state index contributed by atoms with van der Waals surface area (Å²) in [6, 6.07) is 31.5. The molecule has 9 nitrogen and oxygen atoms in total. The SMILES string of the molecule is C[C@@H](c1ccc(Cl)cc1)n1cnc(-c2ccccc2)c1-c1c(C(=O)Nc2ccccc2N2CCC(N3CCNC3=O)CC2)[nH]c2cc(Cl)ccc12. The number of piperidine rings is 1. The Morgan fingerprint density at radius 1 is 0.902 bits per heavy atom. The van der Waals surface area contributed by atoms with E-state index < -0.39 is 0 Å². The number of fused-ring (bicyclic) bond motifs is 1.